The molecule has 19 heavy (non-hydrogen) atoms. The van der Waals surface area contributed by atoms with Gasteiger partial charge in [0, 0.05) is 12.5 Å². The van der Waals surface area contributed by atoms with Crippen LogP contribution >= 0.6 is 0 Å². The van der Waals surface area contributed by atoms with Crippen molar-refractivity contribution in [2.24, 2.45) is 0 Å². The summed E-state index contributed by atoms with van der Waals surface area (Å²) >= 11 is 0. The van der Waals surface area contributed by atoms with Crippen LogP contribution < -0.4 is 10.1 Å². The second-order valence-corrected chi connectivity index (χ2v) is 4.88. The Morgan fingerprint density at radius 3 is 2.84 bits per heavy atom. The molecule has 1 aliphatic heterocycles. The number of halogens is 3. The van der Waals surface area contributed by atoms with Crippen LogP contribution in [-0.2, 0) is 12.8 Å². The van der Waals surface area contributed by atoms with E-state index in [2.05, 4.69) is 5.32 Å². The minimum atomic E-state index is -4.11. The third kappa shape index (κ3) is 4.13. The van der Waals surface area contributed by atoms with Gasteiger partial charge < -0.3 is 10.1 Å². The van der Waals surface area contributed by atoms with Crippen molar-refractivity contribution in [1.29, 1.82) is 0 Å². The highest BCUT2D eigenvalue weighted by molar-refractivity contribution is 5.39. The Kier molecular flexibility index (Phi) is 4.34. The first kappa shape index (κ1) is 14.2. The van der Waals surface area contributed by atoms with Crippen LogP contribution in [0.2, 0.25) is 0 Å². The molecular weight excluding hydrogens is 255 g/mol. The van der Waals surface area contributed by atoms with Gasteiger partial charge in [-0.1, -0.05) is 12.1 Å². The van der Waals surface area contributed by atoms with Gasteiger partial charge in [-0.2, -0.15) is 13.2 Å². The highest BCUT2D eigenvalue weighted by atomic mass is 19.4. The smallest absolute Gasteiger partial charge is 0.390 e. The average Bonchev–Trinajstić information content (AvgIpc) is 2.80. The van der Waals surface area contributed by atoms with Crippen molar-refractivity contribution in [3.05, 3.63) is 29.3 Å². The SMILES string of the molecule is CNC(CCc1ccc2c(c1)CCO2)CC(F)(F)F. The largest absolute Gasteiger partial charge is 0.493 e. The minimum absolute atomic E-state index is 0.482. The lowest BCUT2D eigenvalue weighted by molar-refractivity contribution is -0.140. The minimum Gasteiger partial charge on any atom is -0.493 e. The lowest BCUT2D eigenvalue weighted by atomic mass is 10.0. The maximum Gasteiger partial charge on any atom is 0.390 e. The van der Waals surface area contributed by atoms with Crippen LogP contribution in [0.5, 0.6) is 5.75 Å². The fourth-order valence-electron chi connectivity index (χ4n) is 2.36. The quantitative estimate of drug-likeness (QED) is 0.890. The molecule has 106 valence electrons. The molecule has 1 atom stereocenters. The number of ether oxygens (including phenoxy) is 1. The van der Waals surface area contributed by atoms with Gasteiger partial charge in [0.1, 0.15) is 5.75 Å². The van der Waals surface area contributed by atoms with Crippen LogP contribution in [-0.4, -0.2) is 25.9 Å². The van der Waals surface area contributed by atoms with E-state index in [1.807, 2.05) is 18.2 Å². The molecule has 0 radical (unpaired) electrons. The predicted octanol–water partition coefficient (Wildman–Crippen LogP) is 3.09. The highest BCUT2D eigenvalue weighted by Crippen LogP contribution is 2.27. The highest BCUT2D eigenvalue weighted by Gasteiger charge is 2.31. The Labute approximate surface area is 111 Å². The Morgan fingerprint density at radius 2 is 2.16 bits per heavy atom. The molecule has 0 amide bonds. The molecule has 1 aromatic rings. The molecule has 0 spiro atoms. The molecule has 1 N–H and O–H groups in total. The van der Waals surface area contributed by atoms with Crippen molar-refractivity contribution in [3.8, 4) is 5.75 Å². The number of hydrogen-bond donors (Lipinski definition) is 1. The van der Waals surface area contributed by atoms with E-state index in [9.17, 15) is 13.2 Å². The summed E-state index contributed by atoms with van der Waals surface area (Å²) in [7, 11) is 1.58. The van der Waals surface area contributed by atoms with Gasteiger partial charge in [0.25, 0.3) is 0 Å². The molecule has 0 saturated heterocycles. The first-order chi connectivity index (χ1) is 8.98. The number of nitrogens with one attached hydrogen (secondary N) is 1. The summed E-state index contributed by atoms with van der Waals surface area (Å²) < 4.78 is 42.4. The fourth-order valence-corrected chi connectivity index (χ4v) is 2.36. The number of benzene rings is 1. The molecule has 5 heteroatoms. The molecule has 1 aromatic carbocycles. The zero-order valence-electron chi connectivity index (χ0n) is 10.9. The second kappa shape index (κ2) is 5.82. The van der Waals surface area contributed by atoms with E-state index in [4.69, 9.17) is 4.74 Å². The first-order valence-electron chi connectivity index (χ1n) is 6.46. The zero-order chi connectivity index (χ0) is 13.9. The van der Waals surface area contributed by atoms with E-state index in [-0.39, 0.29) is 0 Å². The van der Waals surface area contributed by atoms with Crippen molar-refractivity contribution in [2.45, 2.75) is 37.9 Å². The number of alkyl halides is 3. The molecule has 0 aromatic heterocycles. The summed E-state index contributed by atoms with van der Waals surface area (Å²) in [5.74, 6) is 0.907. The maximum atomic E-state index is 12.3. The molecule has 0 aliphatic carbocycles. The van der Waals surface area contributed by atoms with Gasteiger partial charge in [0.15, 0.2) is 0 Å². The van der Waals surface area contributed by atoms with E-state index < -0.39 is 18.6 Å². The molecule has 2 nitrogen and oxygen atoms in total. The molecule has 0 bridgehead atoms. The third-order valence-electron chi connectivity index (χ3n) is 3.42. The summed E-state index contributed by atoms with van der Waals surface area (Å²) in [6.07, 6.45) is -2.87. The Morgan fingerprint density at radius 1 is 1.37 bits per heavy atom. The number of hydrogen-bond acceptors (Lipinski definition) is 2. The normalized spacial score (nSPS) is 16.0. The lowest BCUT2D eigenvalue weighted by Crippen LogP contribution is -2.31. The zero-order valence-corrected chi connectivity index (χ0v) is 10.9. The fraction of sp³-hybridized carbons (Fsp3) is 0.571. The topological polar surface area (TPSA) is 21.3 Å². The van der Waals surface area contributed by atoms with Crippen molar-refractivity contribution in [2.75, 3.05) is 13.7 Å². The van der Waals surface area contributed by atoms with Gasteiger partial charge in [-0.05, 0) is 37.1 Å². The van der Waals surface area contributed by atoms with E-state index in [1.54, 1.807) is 7.05 Å². The Hall–Kier alpha value is -1.23. The van der Waals surface area contributed by atoms with Crippen LogP contribution in [0.25, 0.3) is 0 Å². The third-order valence-corrected chi connectivity index (χ3v) is 3.42. The standard InChI is InChI=1S/C14H18F3NO/c1-18-12(9-14(15,16)17)4-2-10-3-5-13-11(8-10)6-7-19-13/h3,5,8,12,18H,2,4,6-7,9H2,1H3. The van der Waals surface area contributed by atoms with Crippen molar-refractivity contribution < 1.29 is 17.9 Å². The van der Waals surface area contributed by atoms with Gasteiger partial charge >= 0.3 is 6.18 Å². The van der Waals surface area contributed by atoms with E-state index in [1.165, 1.54) is 0 Å². The van der Waals surface area contributed by atoms with Crippen LogP contribution in [0.3, 0.4) is 0 Å². The summed E-state index contributed by atoms with van der Waals surface area (Å²) in [6.45, 7) is 0.700. The van der Waals surface area contributed by atoms with Crippen LogP contribution in [0.4, 0.5) is 13.2 Å². The number of fused-ring (bicyclic) bond motifs is 1. The van der Waals surface area contributed by atoms with Crippen LogP contribution in [0.1, 0.15) is 24.0 Å². The van der Waals surface area contributed by atoms with Gasteiger partial charge in [-0.3, -0.25) is 0 Å². The van der Waals surface area contributed by atoms with Crippen molar-refractivity contribution >= 4 is 0 Å². The molecule has 1 heterocycles. The molecule has 1 aliphatic rings. The molecule has 2 rings (SSSR count). The van der Waals surface area contributed by atoms with Crippen molar-refractivity contribution in [1.82, 2.24) is 5.32 Å². The Bertz CT molecular complexity index is 431. The van der Waals surface area contributed by atoms with Crippen molar-refractivity contribution in [3.63, 3.8) is 0 Å². The number of rotatable bonds is 5. The summed E-state index contributed by atoms with van der Waals surface area (Å²) in [5, 5.41) is 2.74. The second-order valence-electron chi connectivity index (χ2n) is 4.88. The van der Waals surface area contributed by atoms with E-state index in [0.717, 1.165) is 23.3 Å². The first-order valence-corrected chi connectivity index (χ1v) is 6.46. The van der Waals surface area contributed by atoms with Gasteiger partial charge in [0.05, 0.1) is 13.0 Å². The average molecular weight is 273 g/mol. The van der Waals surface area contributed by atoms with Gasteiger partial charge in [-0.25, -0.2) is 0 Å². The van der Waals surface area contributed by atoms with Gasteiger partial charge in [-0.15, -0.1) is 0 Å². The van der Waals surface area contributed by atoms with E-state index >= 15 is 0 Å². The maximum absolute atomic E-state index is 12.3. The van der Waals surface area contributed by atoms with Gasteiger partial charge in [0.2, 0.25) is 0 Å². The summed E-state index contributed by atoms with van der Waals surface area (Å²) in [6, 6.07) is 5.37. The molecule has 1 unspecified atom stereocenters. The monoisotopic (exact) mass is 273 g/mol. The van der Waals surface area contributed by atoms with E-state index in [0.29, 0.717) is 19.4 Å². The molecule has 0 fully saturated rings. The Balaban J connectivity index is 1.90. The van der Waals surface area contributed by atoms with Crippen LogP contribution in [0, 0.1) is 0 Å². The lowest BCUT2D eigenvalue weighted by Gasteiger charge is -2.18. The number of aryl methyl sites for hydroxylation is 1. The molecule has 0 saturated carbocycles. The van der Waals surface area contributed by atoms with Crippen LogP contribution in [0.15, 0.2) is 18.2 Å². The predicted molar refractivity (Wildman–Crippen MR) is 67.5 cm³/mol. The molecular formula is C14H18F3NO. The summed E-state index contributed by atoms with van der Waals surface area (Å²) in [5.41, 5.74) is 2.24. The summed E-state index contributed by atoms with van der Waals surface area (Å²) in [4.78, 5) is 0.